The van der Waals surface area contributed by atoms with Crippen molar-refractivity contribution in [2.24, 2.45) is 0 Å². The maximum absolute atomic E-state index is 12.4. The van der Waals surface area contributed by atoms with E-state index in [9.17, 15) is 4.79 Å². The van der Waals surface area contributed by atoms with Crippen LogP contribution in [0.25, 0.3) is 21.3 Å². The molecule has 2 aromatic heterocycles. The van der Waals surface area contributed by atoms with E-state index in [0.717, 1.165) is 48.6 Å². The lowest BCUT2D eigenvalue weighted by Gasteiger charge is -2.04. The number of thiazole rings is 1. The molecule has 2 aromatic carbocycles. The summed E-state index contributed by atoms with van der Waals surface area (Å²) in [6, 6.07) is 13.8. The second kappa shape index (κ2) is 9.85. The van der Waals surface area contributed by atoms with E-state index in [-0.39, 0.29) is 5.91 Å². The highest BCUT2D eigenvalue weighted by Crippen LogP contribution is 2.31. The third-order valence-electron chi connectivity index (χ3n) is 4.44. The number of anilines is 1. The van der Waals surface area contributed by atoms with Crippen molar-refractivity contribution in [3.8, 4) is 0 Å². The van der Waals surface area contributed by atoms with Gasteiger partial charge in [0.25, 0.3) is 0 Å². The first kappa shape index (κ1) is 21.2. The summed E-state index contributed by atoms with van der Waals surface area (Å²) in [6.07, 6.45) is 0.966. The van der Waals surface area contributed by atoms with Gasteiger partial charge in [-0.2, -0.15) is 11.8 Å². The van der Waals surface area contributed by atoms with E-state index in [1.54, 1.807) is 23.1 Å². The summed E-state index contributed by atoms with van der Waals surface area (Å²) in [5, 5.41) is 3.67. The Labute approximate surface area is 188 Å². The number of hydrogen-bond donors (Lipinski definition) is 2. The van der Waals surface area contributed by atoms with E-state index in [1.165, 1.54) is 0 Å². The Balaban J connectivity index is 1.31. The Morgan fingerprint density at radius 3 is 2.83 bits per heavy atom. The van der Waals surface area contributed by atoms with Crippen LogP contribution in [0.3, 0.4) is 0 Å². The number of carbonyl (C=O) groups excluding carboxylic acids is 1. The van der Waals surface area contributed by atoms with Crippen LogP contribution in [-0.2, 0) is 11.2 Å². The lowest BCUT2D eigenvalue weighted by atomic mass is 10.2. The molecular formula is C22H24N4OS3. The number of amides is 1. The van der Waals surface area contributed by atoms with E-state index < -0.39 is 0 Å². The van der Waals surface area contributed by atoms with Gasteiger partial charge in [0.15, 0.2) is 4.34 Å². The van der Waals surface area contributed by atoms with Crippen molar-refractivity contribution < 1.29 is 4.79 Å². The molecule has 30 heavy (non-hydrogen) atoms. The third-order valence-corrected chi connectivity index (χ3v) is 7.97. The van der Waals surface area contributed by atoms with E-state index in [0.29, 0.717) is 18.1 Å². The zero-order valence-electron chi connectivity index (χ0n) is 17.0. The summed E-state index contributed by atoms with van der Waals surface area (Å²) in [4.78, 5) is 24.9. The molecular weight excluding hydrogens is 432 g/mol. The standard InChI is InChI=1S/C22H24N4OS3/c1-14(2)28-11-12-29-22-26-18-8-7-15(13-19(18)30-22)23-21(27)10-9-20-24-16-5-3-4-6-17(16)25-20/h3-8,13-14H,9-12H2,1-2H3,(H,23,27)(H,24,25). The van der Waals surface area contributed by atoms with Crippen LogP contribution in [0.4, 0.5) is 5.69 Å². The largest absolute Gasteiger partial charge is 0.342 e. The molecule has 156 valence electrons. The molecule has 1 amide bonds. The first-order valence-electron chi connectivity index (χ1n) is 9.95. The summed E-state index contributed by atoms with van der Waals surface area (Å²) >= 11 is 5.46. The number of imidazole rings is 1. The second-order valence-corrected chi connectivity index (χ2v) is 11.2. The quantitative estimate of drug-likeness (QED) is 0.240. The highest BCUT2D eigenvalue weighted by molar-refractivity contribution is 8.04. The molecule has 0 bridgehead atoms. The fourth-order valence-corrected chi connectivity index (χ4v) is 6.05. The summed E-state index contributed by atoms with van der Waals surface area (Å²) < 4.78 is 2.19. The van der Waals surface area contributed by atoms with Crippen LogP contribution in [0.1, 0.15) is 26.1 Å². The molecule has 0 aliphatic heterocycles. The van der Waals surface area contributed by atoms with Crippen LogP contribution < -0.4 is 5.32 Å². The number of aryl methyl sites for hydroxylation is 1. The molecule has 8 heteroatoms. The van der Waals surface area contributed by atoms with Gasteiger partial charge in [-0.15, -0.1) is 11.3 Å². The van der Waals surface area contributed by atoms with E-state index >= 15 is 0 Å². The number of nitrogens with one attached hydrogen (secondary N) is 2. The molecule has 0 saturated carbocycles. The number of carbonyl (C=O) groups is 1. The maximum atomic E-state index is 12.4. The molecule has 0 aliphatic carbocycles. The van der Waals surface area contributed by atoms with E-state index in [1.807, 2.05) is 54.2 Å². The zero-order valence-corrected chi connectivity index (χ0v) is 19.4. The van der Waals surface area contributed by atoms with E-state index in [2.05, 4.69) is 29.1 Å². The zero-order chi connectivity index (χ0) is 20.9. The van der Waals surface area contributed by atoms with Crippen LogP contribution in [0, 0.1) is 0 Å². The number of aromatic amines is 1. The van der Waals surface area contributed by atoms with Crippen molar-refractivity contribution in [1.29, 1.82) is 0 Å². The molecule has 0 atom stereocenters. The Morgan fingerprint density at radius 2 is 2.00 bits per heavy atom. The molecule has 5 nitrogen and oxygen atoms in total. The van der Waals surface area contributed by atoms with Crippen LogP contribution in [0.5, 0.6) is 0 Å². The summed E-state index contributed by atoms with van der Waals surface area (Å²) in [7, 11) is 0. The van der Waals surface area contributed by atoms with Crippen molar-refractivity contribution in [2.75, 3.05) is 16.8 Å². The number of nitrogens with zero attached hydrogens (tertiary/aromatic N) is 2. The van der Waals surface area contributed by atoms with Gasteiger partial charge in [-0.3, -0.25) is 4.79 Å². The van der Waals surface area contributed by atoms with E-state index in [4.69, 9.17) is 4.98 Å². The Hall–Kier alpha value is -2.03. The predicted octanol–water partition coefficient (Wildman–Crippen LogP) is 5.98. The molecule has 0 aliphatic rings. The van der Waals surface area contributed by atoms with Crippen molar-refractivity contribution in [2.45, 2.75) is 36.3 Å². The number of rotatable bonds is 9. The van der Waals surface area contributed by atoms with Crippen molar-refractivity contribution >= 4 is 67.7 Å². The molecule has 2 heterocycles. The molecule has 0 radical (unpaired) electrons. The van der Waals surface area contributed by atoms with Gasteiger partial charge in [0.05, 0.1) is 21.3 Å². The van der Waals surface area contributed by atoms with Crippen LogP contribution in [-0.4, -0.2) is 37.6 Å². The minimum absolute atomic E-state index is 0.0142. The Morgan fingerprint density at radius 1 is 1.13 bits per heavy atom. The summed E-state index contributed by atoms with van der Waals surface area (Å²) in [5.74, 6) is 3.01. The van der Waals surface area contributed by atoms with Crippen molar-refractivity contribution in [3.05, 3.63) is 48.3 Å². The molecule has 4 aromatic rings. The first-order chi connectivity index (χ1) is 14.6. The molecule has 2 N–H and O–H groups in total. The molecule has 0 spiro atoms. The number of fused-ring (bicyclic) bond motifs is 2. The Kier molecular flexibility index (Phi) is 6.97. The number of thioether (sulfide) groups is 2. The number of para-hydroxylation sites is 2. The van der Waals surface area contributed by atoms with Crippen molar-refractivity contribution in [1.82, 2.24) is 15.0 Å². The number of H-pyrrole nitrogens is 1. The van der Waals surface area contributed by atoms with Gasteiger partial charge in [-0.25, -0.2) is 9.97 Å². The Bertz CT molecular complexity index is 1120. The van der Waals surface area contributed by atoms with Crippen LogP contribution in [0.2, 0.25) is 0 Å². The summed E-state index contributed by atoms with van der Waals surface area (Å²) in [5.41, 5.74) is 3.73. The van der Waals surface area contributed by atoms with Gasteiger partial charge in [0, 0.05) is 30.0 Å². The van der Waals surface area contributed by atoms with Crippen LogP contribution in [0.15, 0.2) is 46.8 Å². The third kappa shape index (κ3) is 5.56. The maximum Gasteiger partial charge on any atom is 0.224 e. The predicted molar refractivity (Wildman–Crippen MR) is 131 cm³/mol. The highest BCUT2D eigenvalue weighted by atomic mass is 32.2. The molecule has 0 saturated heterocycles. The summed E-state index contributed by atoms with van der Waals surface area (Å²) in [6.45, 7) is 4.44. The average molecular weight is 457 g/mol. The van der Waals surface area contributed by atoms with Crippen LogP contribution >= 0.6 is 34.9 Å². The number of aromatic nitrogens is 3. The second-order valence-electron chi connectivity index (χ2n) is 7.18. The van der Waals surface area contributed by atoms with Gasteiger partial charge in [0.1, 0.15) is 5.82 Å². The first-order valence-corrected chi connectivity index (χ1v) is 12.8. The minimum atomic E-state index is -0.0142. The molecule has 0 unspecified atom stereocenters. The minimum Gasteiger partial charge on any atom is -0.342 e. The SMILES string of the molecule is CC(C)SCCSc1nc2ccc(NC(=O)CCc3nc4ccccc4[nH]3)cc2s1. The lowest BCUT2D eigenvalue weighted by molar-refractivity contribution is -0.116. The fraction of sp³-hybridized carbons (Fsp3) is 0.318. The monoisotopic (exact) mass is 456 g/mol. The van der Waals surface area contributed by atoms with Gasteiger partial charge >= 0.3 is 0 Å². The topological polar surface area (TPSA) is 70.7 Å². The highest BCUT2D eigenvalue weighted by Gasteiger charge is 2.09. The smallest absolute Gasteiger partial charge is 0.224 e. The van der Waals surface area contributed by atoms with Gasteiger partial charge in [-0.1, -0.05) is 37.7 Å². The van der Waals surface area contributed by atoms with Crippen molar-refractivity contribution in [3.63, 3.8) is 0 Å². The van der Waals surface area contributed by atoms with Gasteiger partial charge in [-0.05, 0) is 35.6 Å². The van der Waals surface area contributed by atoms with Gasteiger partial charge in [0.2, 0.25) is 5.91 Å². The average Bonchev–Trinajstić information content (AvgIpc) is 3.32. The molecule has 0 fully saturated rings. The normalized spacial score (nSPS) is 11.6. The number of hydrogen-bond acceptors (Lipinski definition) is 6. The molecule has 4 rings (SSSR count). The van der Waals surface area contributed by atoms with Gasteiger partial charge < -0.3 is 10.3 Å². The lowest BCUT2D eigenvalue weighted by Crippen LogP contribution is -2.12. The number of benzene rings is 2. The fourth-order valence-electron chi connectivity index (χ4n) is 3.04.